The molecule has 0 atom stereocenters. The lowest BCUT2D eigenvalue weighted by atomic mass is 10.2. The van der Waals surface area contributed by atoms with Crippen molar-refractivity contribution in [2.75, 3.05) is 0 Å². The summed E-state index contributed by atoms with van der Waals surface area (Å²) in [6, 6.07) is 5.99. The Bertz CT molecular complexity index is 1650. The number of imidazole rings is 2. The fraction of sp³-hybridized carbons (Fsp3) is 0.182. The maximum Gasteiger partial charge on any atom is 0.280 e. The van der Waals surface area contributed by atoms with Crippen molar-refractivity contribution in [2.45, 2.75) is 26.4 Å². The van der Waals surface area contributed by atoms with Gasteiger partial charge in [-0.1, -0.05) is 13.0 Å². The first-order valence-corrected chi connectivity index (χ1v) is 10.4. The molecule has 1 N–H and O–H groups in total. The van der Waals surface area contributed by atoms with Crippen molar-refractivity contribution >= 4 is 28.0 Å². The van der Waals surface area contributed by atoms with Crippen LogP contribution in [0.4, 0.5) is 0 Å². The van der Waals surface area contributed by atoms with Gasteiger partial charge in [0, 0.05) is 37.5 Å². The fourth-order valence-electron chi connectivity index (χ4n) is 4.00. The van der Waals surface area contributed by atoms with Crippen LogP contribution in [-0.2, 0) is 13.1 Å². The van der Waals surface area contributed by atoms with Gasteiger partial charge in [0.25, 0.3) is 5.56 Å². The molecule has 0 aliphatic carbocycles. The summed E-state index contributed by atoms with van der Waals surface area (Å²) < 4.78 is 5.35. The summed E-state index contributed by atoms with van der Waals surface area (Å²) in [5, 5.41) is 4.48. The summed E-state index contributed by atoms with van der Waals surface area (Å²) in [4.78, 5) is 33.9. The van der Waals surface area contributed by atoms with Crippen molar-refractivity contribution in [3.05, 3.63) is 71.3 Å². The Hall–Kier alpha value is -4.34. The third-order valence-corrected chi connectivity index (χ3v) is 5.47. The second-order valence-electron chi connectivity index (χ2n) is 7.64. The van der Waals surface area contributed by atoms with Gasteiger partial charge < -0.3 is 4.98 Å². The number of nitrogens with zero attached hydrogens (tertiary/aromatic N) is 8. The van der Waals surface area contributed by atoms with Gasteiger partial charge >= 0.3 is 0 Å². The summed E-state index contributed by atoms with van der Waals surface area (Å²) >= 11 is 0. The van der Waals surface area contributed by atoms with Crippen LogP contribution >= 0.6 is 0 Å². The quantitative estimate of drug-likeness (QED) is 0.454. The molecule has 6 aromatic rings. The number of hydrogen-bond acceptors (Lipinski definition) is 6. The Morgan fingerprint density at radius 3 is 2.81 bits per heavy atom. The van der Waals surface area contributed by atoms with Crippen LogP contribution in [0, 0.1) is 0 Å². The first-order chi connectivity index (χ1) is 15.7. The highest BCUT2D eigenvalue weighted by atomic mass is 16.1. The Kier molecular flexibility index (Phi) is 4.10. The molecule has 0 saturated carbocycles. The maximum absolute atomic E-state index is 13.0. The Labute approximate surface area is 181 Å². The van der Waals surface area contributed by atoms with Gasteiger partial charge in [-0.3, -0.25) is 28.4 Å². The number of H-pyrrole nitrogens is 1. The first-order valence-electron chi connectivity index (χ1n) is 10.4. The van der Waals surface area contributed by atoms with Crippen molar-refractivity contribution in [1.82, 2.24) is 43.7 Å². The molecule has 10 nitrogen and oxygen atoms in total. The van der Waals surface area contributed by atoms with Crippen LogP contribution < -0.4 is 5.56 Å². The van der Waals surface area contributed by atoms with Gasteiger partial charge in [0.1, 0.15) is 5.82 Å². The van der Waals surface area contributed by atoms with Gasteiger partial charge in [-0.15, -0.1) is 0 Å². The standard InChI is InChI=1S/C22H19N9O/c1-2-8-31-21(32)18-20(30-9-7-25-22(30)31)28-19(27-18)15-11-26-29(13-15)12-14-3-4-16-17(10-14)24-6-5-23-16/h3-7,9-11,13H,2,8,12H2,1H3,(H,27,28). The monoisotopic (exact) mass is 425 g/mol. The van der Waals surface area contributed by atoms with E-state index in [1.54, 1.807) is 29.4 Å². The lowest BCUT2D eigenvalue weighted by molar-refractivity contribution is 0.663. The predicted molar refractivity (Wildman–Crippen MR) is 119 cm³/mol. The van der Waals surface area contributed by atoms with Crippen LogP contribution in [0.15, 0.2) is 60.2 Å². The van der Waals surface area contributed by atoms with Gasteiger partial charge in [-0.25, -0.2) is 9.97 Å². The minimum Gasteiger partial charge on any atom is -0.332 e. The van der Waals surface area contributed by atoms with Crippen molar-refractivity contribution in [3.63, 3.8) is 0 Å². The molecule has 0 amide bonds. The predicted octanol–water partition coefficient (Wildman–Crippen LogP) is 2.64. The molecule has 32 heavy (non-hydrogen) atoms. The zero-order chi connectivity index (χ0) is 21.7. The van der Waals surface area contributed by atoms with Crippen LogP contribution in [0.5, 0.6) is 0 Å². The summed E-state index contributed by atoms with van der Waals surface area (Å²) in [6.45, 7) is 3.21. The molecule has 10 heteroatoms. The van der Waals surface area contributed by atoms with Gasteiger partial charge in [0.2, 0.25) is 5.78 Å². The minimum atomic E-state index is -0.121. The largest absolute Gasteiger partial charge is 0.332 e. The molecule has 1 aromatic carbocycles. The molecule has 0 unspecified atom stereocenters. The van der Waals surface area contributed by atoms with Gasteiger partial charge in [0.05, 0.1) is 29.3 Å². The minimum absolute atomic E-state index is 0.121. The van der Waals surface area contributed by atoms with E-state index in [2.05, 4.69) is 30.0 Å². The molecule has 158 valence electrons. The summed E-state index contributed by atoms with van der Waals surface area (Å²) in [6.07, 6.45) is 11.4. The maximum atomic E-state index is 13.0. The third kappa shape index (κ3) is 2.88. The lowest BCUT2D eigenvalue weighted by Gasteiger charge is -2.05. The molecule has 5 heterocycles. The topological polar surface area (TPSA) is 112 Å². The van der Waals surface area contributed by atoms with E-state index in [1.165, 1.54) is 0 Å². The second kappa shape index (κ2) is 7.12. The molecule has 0 saturated heterocycles. The summed E-state index contributed by atoms with van der Waals surface area (Å²) in [5.74, 6) is 1.19. The van der Waals surface area contributed by atoms with Crippen molar-refractivity contribution in [1.29, 1.82) is 0 Å². The highest BCUT2D eigenvalue weighted by molar-refractivity contribution is 5.77. The number of benzene rings is 1. The molecule has 6 rings (SSSR count). The van der Waals surface area contributed by atoms with E-state index in [0.717, 1.165) is 28.6 Å². The number of aryl methyl sites for hydroxylation is 1. The first kappa shape index (κ1) is 18.4. The summed E-state index contributed by atoms with van der Waals surface area (Å²) in [7, 11) is 0. The lowest BCUT2D eigenvalue weighted by Crippen LogP contribution is -2.23. The number of nitrogens with one attached hydrogen (secondary N) is 1. The smallest absolute Gasteiger partial charge is 0.280 e. The number of aromatic nitrogens is 9. The Morgan fingerprint density at radius 2 is 1.94 bits per heavy atom. The molecule has 0 fully saturated rings. The van der Waals surface area contributed by atoms with E-state index in [-0.39, 0.29) is 5.56 Å². The molecule has 0 spiro atoms. The average molecular weight is 425 g/mol. The van der Waals surface area contributed by atoms with Crippen LogP contribution in [0.3, 0.4) is 0 Å². The molecule has 5 aromatic heterocycles. The molecular formula is C22H19N9O. The van der Waals surface area contributed by atoms with Crippen LogP contribution in [0.25, 0.3) is 39.4 Å². The van der Waals surface area contributed by atoms with Gasteiger partial charge in [-0.05, 0) is 24.1 Å². The van der Waals surface area contributed by atoms with E-state index in [4.69, 9.17) is 0 Å². The van der Waals surface area contributed by atoms with Crippen molar-refractivity contribution < 1.29 is 0 Å². The van der Waals surface area contributed by atoms with Gasteiger partial charge in [-0.2, -0.15) is 5.10 Å². The van der Waals surface area contributed by atoms with E-state index >= 15 is 0 Å². The molecule has 0 aliphatic rings. The van der Waals surface area contributed by atoms with Crippen LogP contribution in [-0.4, -0.2) is 43.7 Å². The van der Waals surface area contributed by atoms with Gasteiger partial charge in [0.15, 0.2) is 11.2 Å². The van der Waals surface area contributed by atoms with Crippen molar-refractivity contribution in [3.8, 4) is 11.4 Å². The SMILES string of the molecule is CCCn1c(=O)c2[nH]c(-c3cnn(Cc4ccc5nccnc5c4)c3)nc2n2ccnc12. The molecule has 0 aliphatic heterocycles. The highest BCUT2D eigenvalue weighted by Crippen LogP contribution is 2.20. The van der Waals surface area contributed by atoms with E-state index < -0.39 is 0 Å². The average Bonchev–Trinajstić information content (AvgIpc) is 3.55. The van der Waals surface area contributed by atoms with Crippen molar-refractivity contribution in [2.24, 2.45) is 0 Å². The van der Waals surface area contributed by atoms with Crippen LogP contribution in [0.2, 0.25) is 0 Å². The molecule has 0 radical (unpaired) electrons. The highest BCUT2D eigenvalue weighted by Gasteiger charge is 2.17. The molecular weight excluding hydrogens is 406 g/mol. The Balaban J connectivity index is 1.38. The fourth-order valence-corrected chi connectivity index (χ4v) is 4.00. The van der Waals surface area contributed by atoms with E-state index in [0.29, 0.717) is 35.9 Å². The Morgan fingerprint density at radius 1 is 1.06 bits per heavy atom. The van der Waals surface area contributed by atoms with Crippen LogP contribution in [0.1, 0.15) is 18.9 Å². The number of rotatable bonds is 5. The summed E-state index contributed by atoms with van der Waals surface area (Å²) in [5.41, 5.74) is 4.48. The zero-order valence-corrected chi connectivity index (χ0v) is 17.3. The number of fused-ring (bicyclic) bond motifs is 4. The number of hydrogen-bond donors (Lipinski definition) is 1. The number of aromatic amines is 1. The normalized spacial score (nSPS) is 11.8. The van der Waals surface area contributed by atoms with E-state index in [1.807, 2.05) is 46.6 Å². The van der Waals surface area contributed by atoms with E-state index in [9.17, 15) is 4.79 Å². The second-order valence-corrected chi connectivity index (χ2v) is 7.64. The zero-order valence-electron chi connectivity index (χ0n) is 17.3. The third-order valence-electron chi connectivity index (χ3n) is 5.47. The molecule has 0 bridgehead atoms.